The van der Waals surface area contributed by atoms with E-state index in [0.29, 0.717) is 11.7 Å². The summed E-state index contributed by atoms with van der Waals surface area (Å²) >= 11 is 0. The van der Waals surface area contributed by atoms with Crippen molar-refractivity contribution in [3.05, 3.63) is 23.7 Å². The normalized spacial score (nSPS) is 14.6. The second kappa shape index (κ2) is 11.1. The summed E-state index contributed by atoms with van der Waals surface area (Å²) in [5.41, 5.74) is -1.13. The van der Waals surface area contributed by atoms with Gasteiger partial charge in [0, 0.05) is 26.7 Å². The summed E-state index contributed by atoms with van der Waals surface area (Å²) in [6.07, 6.45) is 0.998. The van der Waals surface area contributed by atoms with Crippen LogP contribution in [0.5, 0.6) is 0 Å². The number of ether oxygens (including phenoxy) is 1. The van der Waals surface area contributed by atoms with Crippen LogP contribution in [0.3, 0.4) is 0 Å². The van der Waals surface area contributed by atoms with Crippen LogP contribution < -0.4 is 10.6 Å². The van der Waals surface area contributed by atoms with E-state index in [1.165, 1.54) is 0 Å². The Hall–Kier alpha value is -1.57. The molecule has 3 N–H and O–H groups in total. The maximum atomic E-state index is 10.6. The van der Waals surface area contributed by atoms with Crippen LogP contribution in [0.4, 0.5) is 0 Å². The second-order valence-electron chi connectivity index (χ2n) is 6.46. The van der Waals surface area contributed by atoms with Crippen molar-refractivity contribution in [2.75, 3.05) is 53.5 Å². The van der Waals surface area contributed by atoms with Gasteiger partial charge in [0.2, 0.25) is 0 Å². The van der Waals surface area contributed by atoms with Gasteiger partial charge in [-0.3, -0.25) is 0 Å². The van der Waals surface area contributed by atoms with E-state index in [2.05, 4.69) is 27.6 Å². The molecule has 0 spiro atoms. The molecule has 1 aromatic rings. The van der Waals surface area contributed by atoms with Crippen LogP contribution >= 0.6 is 0 Å². The number of nitrogens with zero attached hydrogens (tertiary/aromatic N) is 2. The minimum Gasteiger partial charge on any atom is -0.463 e. The Kier molecular flexibility index (Phi) is 9.55. The highest BCUT2D eigenvalue weighted by Gasteiger charge is 2.26. The first-order valence-corrected chi connectivity index (χ1v) is 8.88. The number of aliphatic imine (C=N–C) groups is 1. The fraction of sp³-hybridized carbons (Fsp3) is 0.722. The fourth-order valence-corrected chi connectivity index (χ4v) is 2.29. The van der Waals surface area contributed by atoms with Gasteiger partial charge in [-0.25, -0.2) is 4.99 Å². The van der Waals surface area contributed by atoms with Crippen LogP contribution in [0, 0.1) is 6.92 Å². The number of aryl methyl sites for hydroxylation is 1. The molecule has 1 atom stereocenters. The largest absolute Gasteiger partial charge is 0.463 e. The minimum absolute atomic E-state index is 0.225. The predicted molar refractivity (Wildman–Crippen MR) is 101 cm³/mol. The zero-order valence-corrected chi connectivity index (χ0v) is 16.3. The first kappa shape index (κ1) is 21.5. The lowest BCUT2D eigenvalue weighted by Crippen LogP contribution is -2.40. The molecule has 1 heterocycles. The van der Waals surface area contributed by atoms with E-state index in [1.807, 2.05) is 19.9 Å². The van der Waals surface area contributed by atoms with Crippen LogP contribution in [0.25, 0.3) is 0 Å². The third-order valence-electron chi connectivity index (χ3n) is 3.85. The predicted octanol–water partition coefficient (Wildman–Crippen LogP) is 1.32. The molecule has 25 heavy (non-hydrogen) atoms. The van der Waals surface area contributed by atoms with Gasteiger partial charge in [0.25, 0.3) is 0 Å². The van der Waals surface area contributed by atoms with Crippen molar-refractivity contribution >= 4 is 5.96 Å². The van der Waals surface area contributed by atoms with Gasteiger partial charge in [-0.1, -0.05) is 0 Å². The quantitative estimate of drug-likeness (QED) is 0.316. The van der Waals surface area contributed by atoms with E-state index in [9.17, 15) is 5.11 Å². The average Bonchev–Trinajstić information content (AvgIpc) is 3.02. The van der Waals surface area contributed by atoms with E-state index in [-0.39, 0.29) is 6.54 Å². The van der Waals surface area contributed by atoms with Crippen LogP contribution in [0.2, 0.25) is 0 Å². The molecule has 0 aromatic carbocycles. The Labute approximate surface area is 151 Å². The molecular formula is C18H34N4O3. The molecule has 1 unspecified atom stereocenters. The molecule has 7 nitrogen and oxygen atoms in total. The summed E-state index contributed by atoms with van der Waals surface area (Å²) in [6, 6.07) is 3.64. The van der Waals surface area contributed by atoms with E-state index >= 15 is 0 Å². The summed E-state index contributed by atoms with van der Waals surface area (Å²) in [6.45, 7) is 10.0. The molecule has 0 aliphatic carbocycles. The Balaban J connectivity index is 2.45. The summed E-state index contributed by atoms with van der Waals surface area (Å²) in [5.74, 6) is 2.01. The number of likely N-dealkylation sites (N-methyl/N-ethyl adjacent to an activating group) is 1. The third-order valence-corrected chi connectivity index (χ3v) is 3.85. The average molecular weight is 354 g/mol. The number of guanidine groups is 1. The van der Waals surface area contributed by atoms with E-state index < -0.39 is 5.60 Å². The topological polar surface area (TPSA) is 82.3 Å². The van der Waals surface area contributed by atoms with Gasteiger partial charge < -0.3 is 29.8 Å². The minimum atomic E-state index is -1.13. The smallest absolute Gasteiger partial charge is 0.191 e. The lowest BCUT2D eigenvalue weighted by molar-refractivity contribution is 0.0428. The molecule has 0 amide bonds. The highest BCUT2D eigenvalue weighted by atomic mass is 16.5. The fourth-order valence-electron chi connectivity index (χ4n) is 2.29. The molecule has 0 bridgehead atoms. The number of hydrogen-bond acceptors (Lipinski definition) is 5. The van der Waals surface area contributed by atoms with Crippen molar-refractivity contribution in [1.29, 1.82) is 0 Å². The van der Waals surface area contributed by atoms with Crippen LogP contribution in [0.1, 0.15) is 31.8 Å². The Morgan fingerprint density at radius 1 is 1.36 bits per heavy atom. The Morgan fingerprint density at radius 3 is 2.72 bits per heavy atom. The van der Waals surface area contributed by atoms with Crippen molar-refractivity contribution in [2.45, 2.75) is 32.8 Å². The monoisotopic (exact) mass is 354 g/mol. The maximum Gasteiger partial charge on any atom is 0.191 e. The first-order valence-electron chi connectivity index (χ1n) is 8.88. The summed E-state index contributed by atoms with van der Waals surface area (Å²) in [7, 11) is 3.80. The number of nitrogens with one attached hydrogen (secondary N) is 2. The standard InChI is InChI=1S/C18H34N4O3/c1-6-19-17(20-10-7-11-22(4)12-13-24-5)21-14-18(3,23)16-9-8-15(2)25-16/h8-9,23H,6-7,10-14H2,1-5H3,(H2,19,20,21). The van der Waals surface area contributed by atoms with Crippen molar-refractivity contribution in [1.82, 2.24) is 15.5 Å². The summed E-state index contributed by atoms with van der Waals surface area (Å²) in [4.78, 5) is 6.72. The number of hydrogen-bond donors (Lipinski definition) is 3. The lowest BCUT2D eigenvalue weighted by Gasteiger charge is -2.20. The van der Waals surface area contributed by atoms with E-state index in [0.717, 1.165) is 45.0 Å². The lowest BCUT2D eigenvalue weighted by atomic mass is 10.0. The number of rotatable bonds is 11. The van der Waals surface area contributed by atoms with Gasteiger partial charge in [-0.05, 0) is 52.9 Å². The Bertz CT molecular complexity index is 514. The summed E-state index contributed by atoms with van der Waals surface area (Å²) in [5, 5.41) is 17.1. The molecule has 0 fully saturated rings. The molecule has 1 rings (SSSR count). The summed E-state index contributed by atoms with van der Waals surface area (Å²) < 4.78 is 10.6. The molecule has 0 aliphatic heterocycles. The van der Waals surface area contributed by atoms with Crippen molar-refractivity contribution in [3.63, 3.8) is 0 Å². The van der Waals surface area contributed by atoms with Crippen molar-refractivity contribution in [3.8, 4) is 0 Å². The molecular weight excluding hydrogens is 320 g/mol. The second-order valence-corrected chi connectivity index (χ2v) is 6.46. The van der Waals surface area contributed by atoms with Gasteiger partial charge in [0.1, 0.15) is 17.1 Å². The Morgan fingerprint density at radius 2 is 2.12 bits per heavy atom. The van der Waals surface area contributed by atoms with Gasteiger partial charge >= 0.3 is 0 Å². The maximum absolute atomic E-state index is 10.6. The van der Waals surface area contributed by atoms with Gasteiger partial charge in [-0.15, -0.1) is 0 Å². The van der Waals surface area contributed by atoms with E-state index in [1.54, 1.807) is 20.1 Å². The highest BCUT2D eigenvalue weighted by molar-refractivity contribution is 5.79. The third kappa shape index (κ3) is 8.38. The zero-order valence-electron chi connectivity index (χ0n) is 16.3. The molecule has 1 aromatic heterocycles. The molecule has 144 valence electrons. The molecule has 0 saturated carbocycles. The highest BCUT2D eigenvalue weighted by Crippen LogP contribution is 2.22. The number of furan rings is 1. The van der Waals surface area contributed by atoms with Crippen molar-refractivity contribution in [2.24, 2.45) is 4.99 Å². The molecule has 0 radical (unpaired) electrons. The van der Waals surface area contributed by atoms with Gasteiger partial charge in [0.05, 0.1) is 13.2 Å². The van der Waals surface area contributed by atoms with Gasteiger partial charge in [0.15, 0.2) is 5.96 Å². The molecule has 0 aliphatic rings. The first-order chi connectivity index (χ1) is 11.9. The molecule has 0 saturated heterocycles. The van der Waals surface area contributed by atoms with Crippen LogP contribution in [-0.4, -0.2) is 69.5 Å². The van der Waals surface area contributed by atoms with E-state index in [4.69, 9.17) is 9.15 Å². The van der Waals surface area contributed by atoms with Crippen molar-refractivity contribution < 1.29 is 14.3 Å². The van der Waals surface area contributed by atoms with Crippen LogP contribution in [-0.2, 0) is 10.3 Å². The van der Waals surface area contributed by atoms with Crippen LogP contribution in [0.15, 0.2) is 21.5 Å². The zero-order chi connectivity index (χ0) is 18.7. The SMILES string of the molecule is CCNC(=NCC(C)(O)c1ccc(C)o1)NCCCN(C)CCOC. The number of aliphatic hydroxyl groups is 1. The van der Waals surface area contributed by atoms with Gasteiger partial charge in [-0.2, -0.15) is 0 Å². The molecule has 7 heteroatoms. The number of methoxy groups -OCH3 is 1.